The zero-order valence-electron chi connectivity index (χ0n) is 13.2. The lowest BCUT2D eigenvalue weighted by molar-refractivity contribution is 0.0727. The molecule has 128 valence electrons. The Kier molecular flexibility index (Phi) is 4.54. The number of carbonyl (C=O) groups excluding carboxylic acids is 1. The van der Waals surface area contributed by atoms with Gasteiger partial charge in [-0.15, -0.1) is 21.5 Å². The van der Waals surface area contributed by atoms with Gasteiger partial charge in [-0.2, -0.15) is 0 Å². The second kappa shape index (κ2) is 6.65. The molecule has 8 heteroatoms. The van der Waals surface area contributed by atoms with Gasteiger partial charge in [0.2, 0.25) is 0 Å². The number of amides is 1. The van der Waals surface area contributed by atoms with Gasteiger partial charge in [-0.25, -0.2) is 0 Å². The van der Waals surface area contributed by atoms with Crippen LogP contribution in [0, 0.1) is 0 Å². The summed E-state index contributed by atoms with van der Waals surface area (Å²) in [7, 11) is 0. The third-order valence-corrected chi connectivity index (χ3v) is 6.32. The van der Waals surface area contributed by atoms with E-state index in [1.807, 2.05) is 4.90 Å². The van der Waals surface area contributed by atoms with Gasteiger partial charge in [0.1, 0.15) is 10.2 Å². The van der Waals surface area contributed by atoms with E-state index in [4.69, 9.17) is 23.2 Å². The summed E-state index contributed by atoms with van der Waals surface area (Å²) in [5.74, 6) is 1.92. The van der Waals surface area contributed by atoms with Gasteiger partial charge in [0.25, 0.3) is 5.91 Å². The van der Waals surface area contributed by atoms with Gasteiger partial charge < -0.3 is 9.47 Å². The molecule has 1 amide bonds. The number of aryl methyl sites for hydroxylation is 1. The van der Waals surface area contributed by atoms with Crippen LogP contribution in [0.1, 0.15) is 60.2 Å². The molecule has 0 spiro atoms. The van der Waals surface area contributed by atoms with Gasteiger partial charge in [-0.05, 0) is 31.7 Å². The molecule has 1 atom stereocenters. The Morgan fingerprint density at radius 1 is 1.17 bits per heavy atom. The molecule has 0 aliphatic carbocycles. The second-order valence-corrected chi connectivity index (χ2v) is 8.62. The number of nitrogens with zero attached hydrogens (tertiary/aromatic N) is 4. The molecule has 2 aromatic rings. The lowest BCUT2D eigenvalue weighted by atomic mass is 10.2. The van der Waals surface area contributed by atoms with E-state index in [2.05, 4.69) is 14.8 Å². The third kappa shape index (κ3) is 2.85. The fraction of sp³-hybridized carbons (Fsp3) is 0.562. The van der Waals surface area contributed by atoms with E-state index in [1.165, 1.54) is 17.8 Å². The van der Waals surface area contributed by atoms with Gasteiger partial charge in [-0.3, -0.25) is 4.79 Å². The van der Waals surface area contributed by atoms with E-state index in [1.54, 1.807) is 6.07 Å². The average molecular weight is 385 g/mol. The standard InChI is InChI=1S/C16H18Cl2N4OS/c17-12-9-10(14(18)24-12)16(23)21-8-4-5-11(21)15-20-19-13-6-2-1-3-7-22(13)15/h9,11H,1-8H2. The number of aromatic nitrogens is 3. The van der Waals surface area contributed by atoms with Crippen LogP contribution >= 0.6 is 34.5 Å². The summed E-state index contributed by atoms with van der Waals surface area (Å²) in [5, 5.41) is 8.82. The third-order valence-electron chi connectivity index (χ3n) is 4.84. The first-order valence-corrected chi connectivity index (χ1v) is 9.90. The maximum Gasteiger partial charge on any atom is 0.256 e. The minimum atomic E-state index is -0.0587. The molecule has 4 rings (SSSR count). The molecule has 0 N–H and O–H groups in total. The fourth-order valence-electron chi connectivity index (χ4n) is 3.67. The normalized spacial score (nSPS) is 20.9. The zero-order chi connectivity index (χ0) is 16.7. The van der Waals surface area contributed by atoms with Crippen LogP contribution in [0.15, 0.2) is 6.07 Å². The second-order valence-electron chi connectivity index (χ2n) is 6.33. The van der Waals surface area contributed by atoms with Gasteiger partial charge in [-0.1, -0.05) is 29.6 Å². The molecular weight excluding hydrogens is 367 g/mol. The number of thiophene rings is 1. The first-order valence-electron chi connectivity index (χ1n) is 8.33. The van der Waals surface area contributed by atoms with Crippen molar-refractivity contribution < 1.29 is 4.79 Å². The minimum Gasteiger partial charge on any atom is -0.328 e. The SMILES string of the molecule is O=C(c1cc(Cl)sc1Cl)N1CCCC1c1nnc2n1CCCCC2. The lowest BCUT2D eigenvalue weighted by Gasteiger charge is -2.24. The summed E-state index contributed by atoms with van der Waals surface area (Å²) in [6.07, 6.45) is 6.38. The first-order chi connectivity index (χ1) is 11.6. The quantitative estimate of drug-likeness (QED) is 0.772. The number of carbonyl (C=O) groups is 1. The topological polar surface area (TPSA) is 51.0 Å². The summed E-state index contributed by atoms with van der Waals surface area (Å²) in [6.45, 7) is 1.66. The summed E-state index contributed by atoms with van der Waals surface area (Å²) >= 11 is 13.4. The lowest BCUT2D eigenvalue weighted by Crippen LogP contribution is -2.32. The van der Waals surface area contributed by atoms with Crippen molar-refractivity contribution in [2.45, 2.75) is 51.1 Å². The Balaban J connectivity index is 1.65. The smallest absolute Gasteiger partial charge is 0.256 e. The Morgan fingerprint density at radius 2 is 2.04 bits per heavy atom. The van der Waals surface area contributed by atoms with Crippen LogP contribution < -0.4 is 0 Å². The van der Waals surface area contributed by atoms with E-state index >= 15 is 0 Å². The average Bonchev–Trinajstić information content (AvgIpc) is 3.22. The summed E-state index contributed by atoms with van der Waals surface area (Å²) in [6, 6.07) is 1.64. The molecule has 1 unspecified atom stereocenters. The first kappa shape index (κ1) is 16.4. The number of hydrogen-bond acceptors (Lipinski definition) is 4. The van der Waals surface area contributed by atoms with Crippen LogP contribution in [0.25, 0.3) is 0 Å². The summed E-state index contributed by atoms with van der Waals surface area (Å²) in [4.78, 5) is 14.8. The van der Waals surface area contributed by atoms with E-state index in [0.29, 0.717) is 14.2 Å². The van der Waals surface area contributed by atoms with Crippen molar-refractivity contribution in [1.29, 1.82) is 0 Å². The van der Waals surface area contributed by atoms with Gasteiger partial charge in [0.05, 0.1) is 15.9 Å². The van der Waals surface area contributed by atoms with Crippen LogP contribution in [-0.2, 0) is 13.0 Å². The summed E-state index contributed by atoms with van der Waals surface area (Å²) in [5.41, 5.74) is 0.495. The molecular formula is C16H18Cl2N4OS. The number of fused-ring (bicyclic) bond motifs is 1. The molecule has 2 aliphatic rings. The van der Waals surface area contributed by atoms with Crippen LogP contribution in [0.2, 0.25) is 8.67 Å². The Bertz CT molecular complexity index is 772. The number of likely N-dealkylation sites (tertiary alicyclic amines) is 1. The highest BCUT2D eigenvalue weighted by molar-refractivity contribution is 7.20. The van der Waals surface area contributed by atoms with Crippen molar-refractivity contribution in [3.8, 4) is 0 Å². The Morgan fingerprint density at radius 3 is 2.83 bits per heavy atom. The minimum absolute atomic E-state index is 0.0217. The van der Waals surface area contributed by atoms with Crippen molar-refractivity contribution in [3.05, 3.63) is 32.0 Å². The Labute approximate surface area is 154 Å². The van der Waals surface area contributed by atoms with Crippen molar-refractivity contribution in [3.63, 3.8) is 0 Å². The van der Waals surface area contributed by atoms with Gasteiger partial charge in [0.15, 0.2) is 5.82 Å². The van der Waals surface area contributed by atoms with E-state index in [-0.39, 0.29) is 11.9 Å². The molecule has 0 aromatic carbocycles. The largest absolute Gasteiger partial charge is 0.328 e. The van der Waals surface area contributed by atoms with Crippen molar-refractivity contribution >= 4 is 40.4 Å². The van der Waals surface area contributed by atoms with Crippen LogP contribution in [-0.4, -0.2) is 32.1 Å². The molecule has 1 saturated heterocycles. The van der Waals surface area contributed by atoms with E-state index < -0.39 is 0 Å². The molecule has 2 aliphatic heterocycles. The van der Waals surface area contributed by atoms with Crippen molar-refractivity contribution in [2.75, 3.05) is 6.54 Å². The molecule has 0 radical (unpaired) electrons. The maximum atomic E-state index is 13.0. The van der Waals surface area contributed by atoms with Crippen molar-refractivity contribution in [1.82, 2.24) is 19.7 Å². The zero-order valence-corrected chi connectivity index (χ0v) is 15.5. The fourth-order valence-corrected chi connectivity index (χ4v) is 5.12. The predicted octanol–water partition coefficient (Wildman–Crippen LogP) is 4.35. The number of halogens is 2. The van der Waals surface area contributed by atoms with Crippen LogP contribution in [0.4, 0.5) is 0 Å². The number of hydrogen-bond donors (Lipinski definition) is 0. The van der Waals surface area contributed by atoms with E-state index in [0.717, 1.165) is 56.8 Å². The van der Waals surface area contributed by atoms with Crippen molar-refractivity contribution in [2.24, 2.45) is 0 Å². The highest BCUT2D eigenvalue weighted by Crippen LogP contribution is 2.37. The maximum absolute atomic E-state index is 13.0. The monoisotopic (exact) mass is 384 g/mol. The molecule has 24 heavy (non-hydrogen) atoms. The molecule has 0 bridgehead atoms. The Hall–Kier alpha value is -1.11. The summed E-state index contributed by atoms with van der Waals surface area (Å²) < 4.78 is 3.22. The number of rotatable bonds is 2. The van der Waals surface area contributed by atoms with E-state index in [9.17, 15) is 4.79 Å². The van der Waals surface area contributed by atoms with Crippen LogP contribution in [0.5, 0.6) is 0 Å². The predicted molar refractivity (Wildman–Crippen MR) is 94.9 cm³/mol. The van der Waals surface area contributed by atoms with Gasteiger partial charge in [0, 0.05) is 19.5 Å². The molecule has 1 fully saturated rings. The highest BCUT2D eigenvalue weighted by Gasteiger charge is 2.35. The molecule has 0 saturated carbocycles. The van der Waals surface area contributed by atoms with Gasteiger partial charge >= 0.3 is 0 Å². The molecule has 5 nitrogen and oxygen atoms in total. The molecule has 4 heterocycles. The van der Waals surface area contributed by atoms with Crippen LogP contribution in [0.3, 0.4) is 0 Å². The highest BCUT2D eigenvalue weighted by atomic mass is 35.5. The molecule has 2 aromatic heterocycles.